The monoisotopic (exact) mass is 296 g/mol. The lowest BCUT2D eigenvalue weighted by Gasteiger charge is -2.10. The minimum Gasteiger partial charge on any atom is -0.493 e. The predicted octanol–water partition coefficient (Wildman–Crippen LogP) is 2.81. The van der Waals surface area contributed by atoms with Crippen LogP contribution in [0.5, 0.6) is 11.5 Å². The fraction of sp³-hybridized carbons (Fsp3) is 0.176. The van der Waals surface area contributed by atoms with E-state index >= 15 is 0 Å². The Morgan fingerprint density at radius 3 is 2.41 bits per heavy atom. The van der Waals surface area contributed by atoms with Gasteiger partial charge in [-0.25, -0.2) is 9.97 Å². The molecule has 3 rings (SSSR count). The molecule has 112 valence electrons. The number of hydrogen-bond acceptors (Lipinski definition) is 5. The molecule has 3 aromatic rings. The second-order valence-electron chi connectivity index (χ2n) is 4.79. The van der Waals surface area contributed by atoms with E-state index in [1.54, 1.807) is 20.4 Å². The molecule has 0 aliphatic heterocycles. The molecule has 1 N–H and O–H groups in total. The number of aromatic nitrogens is 2. The topological polar surface area (TPSA) is 64.5 Å². The fourth-order valence-electron chi connectivity index (χ4n) is 2.34. The molecule has 0 amide bonds. The number of rotatable bonds is 4. The summed E-state index contributed by atoms with van der Waals surface area (Å²) in [6.45, 7) is -0.159. The Bertz CT molecular complexity index is 818. The van der Waals surface area contributed by atoms with Crippen molar-refractivity contribution in [3.8, 4) is 22.6 Å². The van der Waals surface area contributed by atoms with Crippen LogP contribution in [0.15, 0.2) is 42.6 Å². The molecule has 5 nitrogen and oxygen atoms in total. The summed E-state index contributed by atoms with van der Waals surface area (Å²) < 4.78 is 10.6. The predicted molar refractivity (Wildman–Crippen MR) is 84.0 cm³/mol. The molecule has 0 saturated heterocycles. The van der Waals surface area contributed by atoms with Crippen molar-refractivity contribution in [3.05, 3.63) is 48.4 Å². The lowest BCUT2D eigenvalue weighted by Crippen LogP contribution is -1.94. The summed E-state index contributed by atoms with van der Waals surface area (Å²) in [7, 11) is 3.23. The maximum Gasteiger partial charge on any atom is 0.161 e. The molecule has 0 aliphatic carbocycles. The van der Waals surface area contributed by atoms with Gasteiger partial charge in [-0.05, 0) is 35.4 Å². The summed E-state index contributed by atoms with van der Waals surface area (Å²) >= 11 is 0. The molecule has 0 unspecified atom stereocenters. The van der Waals surface area contributed by atoms with Crippen LogP contribution in [-0.2, 0) is 6.61 Å². The van der Waals surface area contributed by atoms with E-state index in [0.29, 0.717) is 17.3 Å². The average Bonchev–Trinajstić information content (AvgIpc) is 2.60. The Kier molecular flexibility index (Phi) is 3.89. The van der Waals surface area contributed by atoms with Gasteiger partial charge in [0.1, 0.15) is 6.61 Å². The molecular formula is C17H16N2O3. The molecule has 1 aromatic heterocycles. The van der Waals surface area contributed by atoms with Gasteiger partial charge in [0.2, 0.25) is 0 Å². The molecule has 0 spiro atoms. The van der Waals surface area contributed by atoms with Crippen LogP contribution in [0.4, 0.5) is 0 Å². The zero-order chi connectivity index (χ0) is 15.5. The van der Waals surface area contributed by atoms with Crippen LogP contribution in [0.3, 0.4) is 0 Å². The van der Waals surface area contributed by atoms with Gasteiger partial charge in [-0.2, -0.15) is 0 Å². The number of ether oxygens (including phenoxy) is 2. The van der Waals surface area contributed by atoms with Crippen LogP contribution in [0.2, 0.25) is 0 Å². The third-order valence-corrected chi connectivity index (χ3v) is 3.49. The first-order valence-corrected chi connectivity index (χ1v) is 6.84. The third-order valence-electron chi connectivity index (χ3n) is 3.49. The third kappa shape index (κ3) is 2.58. The maximum atomic E-state index is 9.09. The van der Waals surface area contributed by atoms with Crippen LogP contribution in [0.1, 0.15) is 5.82 Å². The minimum atomic E-state index is -0.159. The van der Waals surface area contributed by atoms with Crippen molar-refractivity contribution in [2.24, 2.45) is 0 Å². The Balaban J connectivity index is 2.06. The first-order valence-electron chi connectivity index (χ1n) is 6.84. The molecule has 5 heteroatoms. The molecule has 0 saturated carbocycles. The highest BCUT2D eigenvalue weighted by atomic mass is 16.5. The number of methoxy groups -OCH3 is 2. The molecule has 0 aliphatic rings. The zero-order valence-electron chi connectivity index (χ0n) is 12.4. The van der Waals surface area contributed by atoms with E-state index < -0.39 is 0 Å². The van der Waals surface area contributed by atoms with Crippen LogP contribution in [0.25, 0.3) is 22.0 Å². The van der Waals surface area contributed by atoms with Gasteiger partial charge in [-0.15, -0.1) is 0 Å². The molecule has 0 fully saturated rings. The highest BCUT2D eigenvalue weighted by Crippen LogP contribution is 2.33. The lowest BCUT2D eigenvalue weighted by atomic mass is 10.0. The number of aliphatic hydroxyl groups is 1. The Hall–Kier alpha value is -2.66. The van der Waals surface area contributed by atoms with Gasteiger partial charge in [-0.3, -0.25) is 0 Å². The van der Waals surface area contributed by atoms with Crippen molar-refractivity contribution < 1.29 is 14.6 Å². The summed E-state index contributed by atoms with van der Waals surface area (Å²) in [4.78, 5) is 8.40. The van der Waals surface area contributed by atoms with Crippen molar-refractivity contribution in [1.82, 2.24) is 9.97 Å². The molecule has 2 aromatic carbocycles. The van der Waals surface area contributed by atoms with Crippen LogP contribution in [0, 0.1) is 0 Å². The summed E-state index contributed by atoms with van der Waals surface area (Å²) in [6.07, 6.45) is 1.72. The van der Waals surface area contributed by atoms with E-state index in [9.17, 15) is 0 Å². The molecule has 0 radical (unpaired) electrons. The van der Waals surface area contributed by atoms with Gasteiger partial charge >= 0.3 is 0 Å². The minimum absolute atomic E-state index is 0.159. The highest BCUT2D eigenvalue weighted by Gasteiger charge is 2.07. The van der Waals surface area contributed by atoms with Crippen molar-refractivity contribution in [1.29, 1.82) is 0 Å². The molecule has 22 heavy (non-hydrogen) atoms. The number of aliphatic hydroxyl groups excluding tert-OH is 1. The van der Waals surface area contributed by atoms with E-state index in [2.05, 4.69) is 9.97 Å². The van der Waals surface area contributed by atoms with E-state index in [1.165, 1.54) is 0 Å². The van der Waals surface area contributed by atoms with Gasteiger partial charge in [0, 0.05) is 11.6 Å². The number of fused-ring (bicyclic) bond motifs is 1. The van der Waals surface area contributed by atoms with E-state index in [4.69, 9.17) is 14.6 Å². The van der Waals surface area contributed by atoms with Gasteiger partial charge in [0.05, 0.1) is 19.7 Å². The summed E-state index contributed by atoms with van der Waals surface area (Å²) in [5.41, 5.74) is 2.86. The average molecular weight is 296 g/mol. The smallest absolute Gasteiger partial charge is 0.161 e. The number of hydrogen-bond donors (Lipinski definition) is 1. The Labute approximate surface area is 128 Å². The second-order valence-corrected chi connectivity index (χ2v) is 4.79. The second kappa shape index (κ2) is 5.99. The van der Waals surface area contributed by atoms with Crippen molar-refractivity contribution >= 4 is 10.9 Å². The summed E-state index contributed by atoms with van der Waals surface area (Å²) in [5, 5.41) is 10.0. The SMILES string of the molecule is COc1ccc(-c2ccc3nc(CO)ncc3c2)cc1OC. The summed E-state index contributed by atoms with van der Waals surface area (Å²) in [6, 6.07) is 11.7. The number of benzene rings is 2. The van der Waals surface area contributed by atoms with Crippen molar-refractivity contribution in [3.63, 3.8) is 0 Å². The summed E-state index contributed by atoms with van der Waals surface area (Å²) in [5.74, 6) is 1.81. The quantitative estimate of drug-likeness (QED) is 0.802. The first-order chi connectivity index (χ1) is 10.7. The lowest BCUT2D eigenvalue weighted by molar-refractivity contribution is 0.272. The Morgan fingerprint density at radius 1 is 0.955 bits per heavy atom. The zero-order valence-corrected chi connectivity index (χ0v) is 12.4. The van der Waals surface area contributed by atoms with E-state index in [0.717, 1.165) is 22.0 Å². The van der Waals surface area contributed by atoms with E-state index in [-0.39, 0.29) is 6.61 Å². The Morgan fingerprint density at radius 2 is 1.68 bits per heavy atom. The molecule has 1 heterocycles. The molecule has 0 atom stereocenters. The first kappa shape index (κ1) is 14.3. The molecule has 0 bridgehead atoms. The standard InChI is InChI=1S/C17H16N2O3/c1-21-15-6-4-12(8-16(15)22-2)11-3-5-14-13(7-11)9-18-17(10-20)19-14/h3-9,20H,10H2,1-2H3. The van der Waals surface area contributed by atoms with Crippen molar-refractivity contribution in [2.45, 2.75) is 6.61 Å². The largest absolute Gasteiger partial charge is 0.493 e. The van der Waals surface area contributed by atoms with Gasteiger partial charge in [0.15, 0.2) is 17.3 Å². The van der Waals surface area contributed by atoms with Gasteiger partial charge < -0.3 is 14.6 Å². The van der Waals surface area contributed by atoms with Gasteiger partial charge in [0.25, 0.3) is 0 Å². The molecular weight excluding hydrogens is 280 g/mol. The number of nitrogens with zero attached hydrogens (tertiary/aromatic N) is 2. The van der Waals surface area contributed by atoms with Crippen LogP contribution < -0.4 is 9.47 Å². The van der Waals surface area contributed by atoms with Crippen LogP contribution >= 0.6 is 0 Å². The highest BCUT2D eigenvalue weighted by molar-refractivity contribution is 5.84. The normalized spacial score (nSPS) is 10.7. The van der Waals surface area contributed by atoms with Gasteiger partial charge in [-0.1, -0.05) is 12.1 Å². The maximum absolute atomic E-state index is 9.09. The van der Waals surface area contributed by atoms with E-state index in [1.807, 2.05) is 36.4 Å². The van der Waals surface area contributed by atoms with Crippen molar-refractivity contribution in [2.75, 3.05) is 14.2 Å². The van der Waals surface area contributed by atoms with Crippen LogP contribution in [-0.4, -0.2) is 29.3 Å². The fourth-order valence-corrected chi connectivity index (χ4v) is 2.34.